The maximum Gasteiger partial charge on any atom is 0.260 e. The lowest BCUT2D eigenvalue weighted by Gasteiger charge is -2.17. The molecular formula is C25H21N3O. The van der Waals surface area contributed by atoms with Crippen LogP contribution in [0.15, 0.2) is 84.4 Å². The molecule has 29 heavy (non-hydrogen) atoms. The summed E-state index contributed by atoms with van der Waals surface area (Å²) in [7, 11) is 0. The predicted molar refractivity (Wildman–Crippen MR) is 116 cm³/mol. The number of carbonyl (C=O) groups is 1. The number of rotatable bonds is 5. The van der Waals surface area contributed by atoms with E-state index in [4.69, 9.17) is 0 Å². The van der Waals surface area contributed by atoms with Crippen molar-refractivity contribution in [2.24, 2.45) is 0 Å². The van der Waals surface area contributed by atoms with Crippen LogP contribution < -0.4 is 10.2 Å². The maximum atomic E-state index is 13.3. The van der Waals surface area contributed by atoms with Crippen molar-refractivity contribution < 1.29 is 4.79 Å². The molecule has 1 heterocycles. The smallest absolute Gasteiger partial charge is 0.260 e. The molecule has 3 aromatic carbocycles. The number of nitriles is 1. The number of hydrogen-bond donors (Lipinski definition) is 1. The van der Waals surface area contributed by atoms with Crippen LogP contribution >= 0.6 is 0 Å². The minimum atomic E-state index is -0.127. The molecule has 0 atom stereocenters. The van der Waals surface area contributed by atoms with Gasteiger partial charge in [0.25, 0.3) is 5.91 Å². The second-order valence-electron chi connectivity index (χ2n) is 7.08. The molecule has 4 rings (SSSR count). The van der Waals surface area contributed by atoms with E-state index in [0.29, 0.717) is 24.2 Å². The third-order valence-electron chi connectivity index (χ3n) is 5.06. The van der Waals surface area contributed by atoms with E-state index in [1.807, 2.05) is 85.8 Å². The molecule has 0 saturated heterocycles. The van der Waals surface area contributed by atoms with Crippen LogP contribution in [0.1, 0.15) is 16.7 Å². The van der Waals surface area contributed by atoms with Gasteiger partial charge < -0.3 is 10.2 Å². The predicted octanol–water partition coefficient (Wildman–Crippen LogP) is 4.93. The second-order valence-corrected chi connectivity index (χ2v) is 7.08. The standard InChI is InChI=1S/C25H21N3O/c1-18-11-13-21(14-12-18)27-16-20(15-26)24-22-9-5-6-10-23(22)28(25(24)29)17-19-7-3-2-4-8-19/h2-14,27H,16-17H2,1H3/b24-20-. The SMILES string of the molecule is Cc1ccc(NC/C(C#N)=C2\C(=O)N(Cc3ccccc3)c3ccccc32)cc1. The van der Waals surface area contributed by atoms with Crippen molar-refractivity contribution in [3.8, 4) is 6.07 Å². The average molecular weight is 379 g/mol. The minimum absolute atomic E-state index is 0.127. The average Bonchev–Trinajstić information content (AvgIpc) is 3.03. The van der Waals surface area contributed by atoms with Gasteiger partial charge in [0.1, 0.15) is 0 Å². The van der Waals surface area contributed by atoms with Crippen molar-refractivity contribution in [1.82, 2.24) is 0 Å². The lowest BCUT2D eigenvalue weighted by Crippen LogP contribution is -2.26. The van der Waals surface area contributed by atoms with Gasteiger partial charge in [-0.2, -0.15) is 5.26 Å². The van der Waals surface area contributed by atoms with Gasteiger partial charge in [0.05, 0.1) is 36.0 Å². The summed E-state index contributed by atoms with van der Waals surface area (Å²) in [5.74, 6) is -0.127. The maximum absolute atomic E-state index is 13.3. The zero-order valence-electron chi connectivity index (χ0n) is 16.2. The van der Waals surface area contributed by atoms with E-state index in [0.717, 1.165) is 22.5 Å². The van der Waals surface area contributed by atoms with Crippen LogP contribution in [0, 0.1) is 18.3 Å². The first-order valence-electron chi connectivity index (χ1n) is 9.56. The van der Waals surface area contributed by atoms with Gasteiger partial charge in [-0.25, -0.2) is 0 Å². The molecule has 142 valence electrons. The van der Waals surface area contributed by atoms with Crippen LogP contribution in [-0.2, 0) is 11.3 Å². The summed E-state index contributed by atoms with van der Waals surface area (Å²) in [6.45, 7) is 2.81. The summed E-state index contributed by atoms with van der Waals surface area (Å²) in [5, 5.41) is 13.1. The number of aryl methyl sites for hydroxylation is 1. The Bertz CT molecular complexity index is 1110. The lowest BCUT2D eigenvalue weighted by atomic mass is 10.0. The van der Waals surface area contributed by atoms with Gasteiger partial charge in [0, 0.05) is 11.3 Å². The van der Waals surface area contributed by atoms with Gasteiger partial charge in [-0.3, -0.25) is 4.79 Å². The quantitative estimate of drug-likeness (QED) is 0.505. The zero-order chi connectivity index (χ0) is 20.2. The summed E-state index contributed by atoms with van der Waals surface area (Å²) >= 11 is 0. The number of amides is 1. The van der Waals surface area contributed by atoms with Crippen molar-refractivity contribution in [3.05, 3.63) is 101 Å². The van der Waals surface area contributed by atoms with E-state index in [1.165, 1.54) is 5.56 Å². The first-order chi connectivity index (χ1) is 14.2. The summed E-state index contributed by atoms with van der Waals surface area (Å²) in [4.78, 5) is 15.1. The van der Waals surface area contributed by atoms with Gasteiger partial charge in [0.2, 0.25) is 0 Å². The third-order valence-corrected chi connectivity index (χ3v) is 5.06. The number of hydrogen-bond acceptors (Lipinski definition) is 3. The highest BCUT2D eigenvalue weighted by atomic mass is 16.2. The van der Waals surface area contributed by atoms with Gasteiger partial charge >= 0.3 is 0 Å². The molecule has 1 amide bonds. The number of fused-ring (bicyclic) bond motifs is 1. The monoisotopic (exact) mass is 379 g/mol. The molecule has 0 fully saturated rings. The Labute approximate surface area is 170 Å². The fraction of sp³-hybridized carbons (Fsp3) is 0.120. The molecule has 1 aliphatic rings. The Morgan fingerprint density at radius 2 is 1.66 bits per heavy atom. The molecule has 4 heteroatoms. The highest BCUT2D eigenvalue weighted by Gasteiger charge is 2.34. The van der Waals surface area contributed by atoms with E-state index in [2.05, 4.69) is 11.4 Å². The summed E-state index contributed by atoms with van der Waals surface area (Å²) in [5.41, 5.74) is 5.73. The molecule has 0 aliphatic carbocycles. The molecule has 3 aromatic rings. The first-order valence-corrected chi connectivity index (χ1v) is 9.56. The highest BCUT2D eigenvalue weighted by Crippen LogP contribution is 2.39. The van der Waals surface area contributed by atoms with Crippen molar-refractivity contribution in [2.45, 2.75) is 13.5 Å². The molecule has 1 N–H and O–H groups in total. The number of carbonyl (C=O) groups excluding carboxylic acids is 1. The number of nitrogens with one attached hydrogen (secondary N) is 1. The Hall–Kier alpha value is -3.84. The van der Waals surface area contributed by atoms with Gasteiger partial charge in [-0.05, 0) is 30.7 Å². The minimum Gasteiger partial charge on any atom is -0.380 e. The van der Waals surface area contributed by atoms with Crippen LogP contribution in [0.4, 0.5) is 11.4 Å². The molecule has 0 saturated carbocycles. The number of anilines is 2. The van der Waals surface area contributed by atoms with Crippen LogP contribution in [0.2, 0.25) is 0 Å². The molecule has 0 radical (unpaired) electrons. The number of benzene rings is 3. The normalized spacial score (nSPS) is 14.3. The van der Waals surface area contributed by atoms with Crippen LogP contribution in [0.5, 0.6) is 0 Å². The summed E-state index contributed by atoms with van der Waals surface area (Å²) in [6, 6.07) is 27.8. The molecule has 0 unspecified atom stereocenters. The van der Waals surface area contributed by atoms with Gasteiger partial charge in [0.15, 0.2) is 0 Å². The molecule has 1 aliphatic heterocycles. The van der Waals surface area contributed by atoms with Gasteiger partial charge in [-0.1, -0.05) is 66.2 Å². The van der Waals surface area contributed by atoms with E-state index in [1.54, 1.807) is 4.90 Å². The third kappa shape index (κ3) is 3.76. The molecule has 0 spiro atoms. The Kier molecular flexibility index (Phi) is 5.13. The van der Waals surface area contributed by atoms with E-state index in [-0.39, 0.29) is 5.91 Å². The van der Waals surface area contributed by atoms with E-state index in [9.17, 15) is 10.1 Å². The molecule has 4 nitrogen and oxygen atoms in total. The topological polar surface area (TPSA) is 56.1 Å². The van der Waals surface area contributed by atoms with E-state index < -0.39 is 0 Å². The Morgan fingerprint density at radius 1 is 0.966 bits per heavy atom. The zero-order valence-corrected chi connectivity index (χ0v) is 16.2. The summed E-state index contributed by atoms with van der Waals surface area (Å²) < 4.78 is 0. The first kappa shape index (κ1) is 18.5. The largest absolute Gasteiger partial charge is 0.380 e. The van der Waals surface area contributed by atoms with Crippen molar-refractivity contribution >= 4 is 22.9 Å². The fourth-order valence-electron chi connectivity index (χ4n) is 3.54. The van der Waals surface area contributed by atoms with Crippen LogP contribution in [0.25, 0.3) is 5.57 Å². The van der Waals surface area contributed by atoms with Crippen molar-refractivity contribution in [3.63, 3.8) is 0 Å². The Morgan fingerprint density at radius 3 is 2.38 bits per heavy atom. The molecular weight excluding hydrogens is 358 g/mol. The van der Waals surface area contributed by atoms with Gasteiger partial charge in [-0.15, -0.1) is 0 Å². The fourth-order valence-corrected chi connectivity index (χ4v) is 3.54. The number of nitrogens with zero attached hydrogens (tertiary/aromatic N) is 2. The highest BCUT2D eigenvalue weighted by molar-refractivity contribution is 6.33. The van der Waals surface area contributed by atoms with Crippen LogP contribution in [-0.4, -0.2) is 12.5 Å². The second kappa shape index (κ2) is 8.04. The Balaban J connectivity index is 1.67. The molecule has 0 bridgehead atoms. The van der Waals surface area contributed by atoms with Crippen LogP contribution in [0.3, 0.4) is 0 Å². The number of para-hydroxylation sites is 1. The van der Waals surface area contributed by atoms with Crippen molar-refractivity contribution in [1.29, 1.82) is 5.26 Å². The van der Waals surface area contributed by atoms with Crippen molar-refractivity contribution in [2.75, 3.05) is 16.8 Å². The van der Waals surface area contributed by atoms with E-state index >= 15 is 0 Å². The molecule has 0 aromatic heterocycles. The summed E-state index contributed by atoms with van der Waals surface area (Å²) in [6.07, 6.45) is 0. The lowest BCUT2D eigenvalue weighted by molar-refractivity contribution is -0.113.